The Morgan fingerprint density at radius 1 is 0.909 bits per heavy atom. The van der Waals surface area contributed by atoms with Gasteiger partial charge in [0.1, 0.15) is 6.33 Å². The van der Waals surface area contributed by atoms with E-state index in [4.69, 9.17) is 16.7 Å². The Bertz CT molecular complexity index is 738. The highest BCUT2D eigenvalue weighted by atomic mass is 14.8. The average Bonchev–Trinajstić information content (AvgIpc) is 2.57. The molecular weight excluding hydrogens is 274 g/mol. The summed E-state index contributed by atoms with van der Waals surface area (Å²) in [7, 11) is 0. The number of nitriles is 1. The smallest absolute Gasteiger partial charge is 0.115 e. The van der Waals surface area contributed by atoms with E-state index < -0.39 is 0 Å². The summed E-state index contributed by atoms with van der Waals surface area (Å²) in [6, 6.07) is 16.8. The normalized spacial score (nSPS) is 9.23. The quantitative estimate of drug-likeness (QED) is 0.671. The number of benzene rings is 2. The summed E-state index contributed by atoms with van der Waals surface area (Å²) in [5.74, 6) is 0. The molecule has 3 rings (SSSR count). The molecule has 108 valence electrons. The lowest BCUT2D eigenvalue weighted by Crippen LogP contribution is -1.96. The van der Waals surface area contributed by atoms with Gasteiger partial charge < -0.3 is 11.5 Å². The first-order valence-corrected chi connectivity index (χ1v) is 6.57. The molecule has 0 aliphatic carbocycles. The summed E-state index contributed by atoms with van der Waals surface area (Å²) < 4.78 is 0. The highest BCUT2D eigenvalue weighted by molar-refractivity contribution is 5.84. The minimum Gasteiger partial charge on any atom is -0.399 e. The van der Waals surface area contributed by atoms with Gasteiger partial charge in [0.05, 0.1) is 11.6 Å². The van der Waals surface area contributed by atoms with E-state index in [1.54, 1.807) is 30.6 Å². The molecule has 0 spiro atoms. The number of aromatic nitrogens is 2. The Morgan fingerprint density at radius 2 is 1.59 bits per heavy atom. The van der Waals surface area contributed by atoms with Crippen molar-refractivity contribution < 1.29 is 0 Å². The second-order valence-electron chi connectivity index (χ2n) is 4.41. The lowest BCUT2D eigenvalue weighted by atomic mass is 9.98. The number of nitrogens with zero attached hydrogens (tertiary/aromatic N) is 3. The highest BCUT2D eigenvalue weighted by Crippen LogP contribution is 2.31. The summed E-state index contributed by atoms with van der Waals surface area (Å²) in [5.41, 5.74) is 14.8. The Kier molecular flexibility index (Phi) is 5.05. The molecule has 0 radical (unpaired) electrons. The molecule has 0 fully saturated rings. The number of rotatable bonds is 1. The largest absolute Gasteiger partial charge is 0.399 e. The summed E-state index contributed by atoms with van der Waals surface area (Å²) in [6.07, 6.45) is 4.88. The fourth-order valence-corrected chi connectivity index (χ4v) is 1.96. The van der Waals surface area contributed by atoms with Crippen LogP contribution >= 0.6 is 0 Å². The molecule has 1 heterocycles. The zero-order chi connectivity index (χ0) is 15.8. The number of hydrogen-bond donors (Lipinski definition) is 2. The third-order valence-corrected chi connectivity index (χ3v) is 2.85. The fraction of sp³-hybridized carbons (Fsp3) is 0. The van der Waals surface area contributed by atoms with E-state index in [9.17, 15) is 0 Å². The predicted octanol–water partition coefficient (Wildman–Crippen LogP) is 2.87. The van der Waals surface area contributed by atoms with Crippen molar-refractivity contribution in [3.63, 3.8) is 0 Å². The minimum absolute atomic E-state index is 0.503. The Morgan fingerprint density at radius 3 is 2.09 bits per heavy atom. The van der Waals surface area contributed by atoms with Crippen LogP contribution in [-0.2, 0) is 0 Å². The van der Waals surface area contributed by atoms with Gasteiger partial charge in [-0.3, -0.25) is 0 Å². The van der Waals surface area contributed by atoms with E-state index in [0.717, 1.165) is 11.1 Å². The van der Waals surface area contributed by atoms with Crippen LogP contribution in [0, 0.1) is 11.3 Å². The third kappa shape index (κ3) is 3.81. The van der Waals surface area contributed by atoms with E-state index in [2.05, 4.69) is 16.0 Å². The van der Waals surface area contributed by atoms with Crippen molar-refractivity contribution in [2.45, 2.75) is 0 Å². The van der Waals surface area contributed by atoms with Crippen molar-refractivity contribution in [2.24, 2.45) is 0 Å². The van der Waals surface area contributed by atoms with Gasteiger partial charge in [0.2, 0.25) is 0 Å². The zero-order valence-electron chi connectivity index (χ0n) is 11.8. The molecule has 0 atom stereocenters. The summed E-state index contributed by atoms with van der Waals surface area (Å²) >= 11 is 0. The van der Waals surface area contributed by atoms with Gasteiger partial charge in [0, 0.05) is 29.3 Å². The molecule has 2 aromatic carbocycles. The molecule has 0 saturated heterocycles. The second kappa shape index (κ2) is 7.41. The monoisotopic (exact) mass is 289 g/mol. The van der Waals surface area contributed by atoms with Crippen molar-refractivity contribution in [3.05, 3.63) is 72.8 Å². The maximum atomic E-state index is 9.07. The predicted molar refractivity (Wildman–Crippen MR) is 87.4 cm³/mol. The Labute approximate surface area is 128 Å². The number of nitrogens with two attached hydrogens (primary N) is 2. The molecule has 0 bridgehead atoms. The zero-order valence-corrected chi connectivity index (χ0v) is 11.8. The third-order valence-electron chi connectivity index (χ3n) is 2.85. The van der Waals surface area contributed by atoms with E-state index in [1.807, 2.05) is 30.3 Å². The van der Waals surface area contributed by atoms with Gasteiger partial charge in [-0.25, -0.2) is 9.97 Å². The number of hydrogen-bond acceptors (Lipinski definition) is 5. The average molecular weight is 289 g/mol. The molecule has 0 aliphatic heterocycles. The van der Waals surface area contributed by atoms with Crippen LogP contribution in [0.1, 0.15) is 5.56 Å². The van der Waals surface area contributed by atoms with E-state index in [-0.39, 0.29) is 0 Å². The molecule has 5 heteroatoms. The fourth-order valence-electron chi connectivity index (χ4n) is 1.96. The SMILES string of the molecule is N#Cc1cc(N)cc(N)c1-c1ccccc1.c1cncnc1. The maximum Gasteiger partial charge on any atom is 0.115 e. The van der Waals surface area contributed by atoms with Crippen LogP contribution in [-0.4, -0.2) is 9.97 Å². The van der Waals surface area contributed by atoms with Crippen molar-refractivity contribution in [2.75, 3.05) is 11.5 Å². The van der Waals surface area contributed by atoms with Crippen LogP contribution in [0.15, 0.2) is 67.3 Å². The first kappa shape index (κ1) is 15.0. The first-order chi connectivity index (χ1) is 10.7. The topological polar surface area (TPSA) is 102 Å². The van der Waals surface area contributed by atoms with Crippen molar-refractivity contribution in [1.29, 1.82) is 5.26 Å². The van der Waals surface area contributed by atoms with Crippen molar-refractivity contribution >= 4 is 11.4 Å². The molecule has 4 N–H and O–H groups in total. The molecule has 22 heavy (non-hydrogen) atoms. The van der Waals surface area contributed by atoms with E-state index in [0.29, 0.717) is 16.9 Å². The van der Waals surface area contributed by atoms with Crippen molar-refractivity contribution in [3.8, 4) is 17.2 Å². The molecule has 0 aliphatic rings. The molecule has 0 saturated carbocycles. The minimum atomic E-state index is 0.503. The Hall–Kier alpha value is -3.39. The van der Waals surface area contributed by atoms with Gasteiger partial charge in [-0.1, -0.05) is 30.3 Å². The molecular formula is C17H15N5. The van der Waals surface area contributed by atoms with Crippen LogP contribution in [0.25, 0.3) is 11.1 Å². The summed E-state index contributed by atoms with van der Waals surface area (Å²) in [5, 5.41) is 9.07. The van der Waals surface area contributed by atoms with Crippen LogP contribution in [0.2, 0.25) is 0 Å². The molecule has 0 unspecified atom stereocenters. The lowest BCUT2D eigenvalue weighted by Gasteiger charge is -2.09. The van der Waals surface area contributed by atoms with Crippen LogP contribution in [0.5, 0.6) is 0 Å². The van der Waals surface area contributed by atoms with Crippen LogP contribution in [0.4, 0.5) is 11.4 Å². The molecule has 1 aromatic heterocycles. The van der Waals surface area contributed by atoms with Gasteiger partial charge in [-0.2, -0.15) is 5.26 Å². The number of anilines is 2. The van der Waals surface area contributed by atoms with Crippen LogP contribution in [0.3, 0.4) is 0 Å². The molecule has 3 aromatic rings. The van der Waals surface area contributed by atoms with Gasteiger partial charge in [-0.05, 0) is 23.8 Å². The summed E-state index contributed by atoms with van der Waals surface area (Å²) in [6.45, 7) is 0. The van der Waals surface area contributed by atoms with Gasteiger partial charge in [0.25, 0.3) is 0 Å². The second-order valence-corrected chi connectivity index (χ2v) is 4.41. The van der Waals surface area contributed by atoms with E-state index in [1.165, 1.54) is 6.33 Å². The van der Waals surface area contributed by atoms with Crippen molar-refractivity contribution in [1.82, 2.24) is 9.97 Å². The van der Waals surface area contributed by atoms with Gasteiger partial charge in [-0.15, -0.1) is 0 Å². The van der Waals surface area contributed by atoms with Gasteiger partial charge in [0.15, 0.2) is 0 Å². The highest BCUT2D eigenvalue weighted by Gasteiger charge is 2.09. The standard InChI is InChI=1S/C13H11N3.C4H4N2/c14-8-10-6-11(15)7-12(16)13(10)9-4-2-1-3-5-9;1-2-5-4-6-3-1/h1-7H,15-16H2;1-4H. The maximum absolute atomic E-state index is 9.07. The summed E-state index contributed by atoms with van der Waals surface area (Å²) in [4.78, 5) is 7.35. The van der Waals surface area contributed by atoms with Gasteiger partial charge >= 0.3 is 0 Å². The number of nitrogen functional groups attached to an aromatic ring is 2. The van der Waals surface area contributed by atoms with E-state index >= 15 is 0 Å². The lowest BCUT2D eigenvalue weighted by molar-refractivity contribution is 1.17. The van der Waals surface area contributed by atoms with Crippen LogP contribution < -0.4 is 11.5 Å². The first-order valence-electron chi connectivity index (χ1n) is 6.57. The molecule has 0 amide bonds. The molecule has 5 nitrogen and oxygen atoms in total. The Balaban J connectivity index is 0.000000246.